The molecule has 2 N–H and O–H groups in total. The number of carbonyl (C=O) groups is 2. The highest BCUT2D eigenvalue weighted by atomic mass is 16.2. The van der Waals surface area contributed by atoms with Gasteiger partial charge in [-0.2, -0.15) is 0 Å². The number of anilines is 1. The lowest BCUT2D eigenvalue weighted by Gasteiger charge is -2.36. The molecule has 6 heteroatoms. The summed E-state index contributed by atoms with van der Waals surface area (Å²) in [6, 6.07) is 22.6. The minimum Gasteiger partial charge on any atom is -0.353 e. The van der Waals surface area contributed by atoms with Crippen LogP contribution in [0.15, 0.2) is 79.3 Å². The lowest BCUT2D eigenvalue weighted by atomic mass is 9.86. The van der Waals surface area contributed by atoms with Gasteiger partial charge in [-0.3, -0.25) is 9.59 Å². The minimum atomic E-state index is -0.0866. The van der Waals surface area contributed by atoms with Crippen LogP contribution in [0.4, 0.5) is 5.82 Å². The van der Waals surface area contributed by atoms with Gasteiger partial charge in [-0.05, 0) is 41.7 Å². The average molecular weight is 453 g/mol. The standard InChI is InChI=1S/C28H28N4O2/c1-19-6-4-7-20(12-19)13-27(33)30-23-15-24(16-23)32-17-26(29-18-32)31-28(34)14-22-10-5-9-21-8-2-3-11-25(21)22/h2-12,17-18,23-24H,13-16H2,1H3,(H,30,33)(H,31,34). The number of aromatic nitrogens is 2. The van der Waals surface area contributed by atoms with E-state index in [4.69, 9.17) is 0 Å². The fourth-order valence-electron chi connectivity index (χ4n) is 4.64. The van der Waals surface area contributed by atoms with Gasteiger partial charge < -0.3 is 15.2 Å². The number of hydrogen-bond donors (Lipinski definition) is 2. The van der Waals surface area contributed by atoms with Gasteiger partial charge in [0.05, 0.1) is 19.2 Å². The van der Waals surface area contributed by atoms with Gasteiger partial charge in [-0.25, -0.2) is 4.98 Å². The minimum absolute atomic E-state index is 0.0565. The molecule has 34 heavy (non-hydrogen) atoms. The third-order valence-corrected chi connectivity index (χ3v) is 6.45. The van der Waals surface area contributed by atoms with Gasteiger partial charge in [0.15, 0.2) is 5.82 Å². The molecule has 4 aromatic rings. The molecule has 1 fully saturated rings. The van der Waals surface area contributed by atoms with E-state index < -0.39 is 0 Å². The molecule has 0 saturated heterocycles. The second-order valence-corrected chi connectivity index (χ2v) is 9.12. The first-order chi connectivity index (χ1) is 16.5. The maximum atomic E-state index is 12.6. The fourth-order valence-corrected chi connectivity index (χ4v) is 4.64. The lowest BCUT2D eigenvalue weighted by molar-refractivity contribution is -0.122. The molecule has 1 aliphatic carbocycles. The maximum Gasteiger partial charge on any atom is 0.230 e. The maximum absolute atomic E-state index is 12.6. The number of rotatable bonds is 7. The van der Waals surface area contributed by atoms with E-state index in [-0.39, 0.29) is 23.9 Å². The predicted molar refractivity (Wildman–Crippen MR) is 134 cm³/mol. The molecule has 0 spiro atoms. The monoisotopic (exact) mass is 452 g/mol. The van der Waals surface area contributed by atoms with Crippen molar-refractivity contribution in [3.8, 4) is 0 Å². The first kappa shape index (κ1) is 21.9. The second-order valence-electron chi connectivity index (χ2n) is 9.12. The summed E-state index contributed by atoms with van der Waals surface area (Å²) in [5.74, 6) is 0.523. The molecule has 1 saturated carbocycles. The molecule has 1 heterocycles. The highest BCUT2D eigenvalue weighted by Gasteiger charge is 2.31. The zero-order valence-corrected chi connectivity index (χ0v) is 19.2. The summed E-state index contributed by atoms with van der Waals surface area (Å²) in [4.78, 5) is 29.3. The van der Waals surface area contributed by atoms with Crippen molar-refractivity contribution in [3.05, 3.63) is 95.9 Å². The Morgan fingerprint density at radius 2 is 1.76 bits per heavy atom. The Bertz CT molecular complexity index is 1330. The third kappa shape index (κ3) is 5.01. The molecular weight excluding hydrogens is 424 g/mol. The molecule has 1 aromatic heterocycles. The summed E-state index contributed by atoms with van der Waals surface area (Å²) in [5, 5.41) is 8.26. The van der Waals surface area contributed by atoms with Crippen molar-refractivity contribution >= 4 is 28.4 Å². The van der Waals surface area contributed by atoms with Gasteiger partial charge in [0, 0.05) is 18.3 Å². The smallest absolute Gasteiger partial charge is 0.230 e. The number of nitrogens with zero attached hydrogens (tertiary/aromatic N) is 2. The highest BCUT2D eigenvalue weighted by Crippen LogP contribution is 2.32. The van der Waals surface area contributed by atoms with Crippen molar-refractivity contribution in [1.82, 2.24) is 14.9 Å². The summed E-state index contributed by atoms with van der Waals surface area (Å²) in [6.07, 6.45) is 6.05. The molecule has 0 atom stereocenters. The van der Waals surface area contributed by atoms with E-state index in [2.05, 4.69) is 27.8 Å². The molecule has 2 amide bonds. The molecule has 6 nitrogen and oxygen atoms in total. The predicted octanol–water partition coefficient (Wildman–Crippen LogP) is 4.59. The molecule has 5 rings (SSSR count). The van der Waals surface area contributed by atoms with Crippen molar-refractivity contribution in [1.29, 1.82) is 0 Å². The molecule has 0 radical (unpaired) electrons. The SMILES string of the molecule is Cc1cccc(CC(=O)NC2CC(n3cnc(NC(=O)Cc4cccc5ccccc45)c3)C2)c1. The van der Waals surface area contributed by atoms with Crippen LogP contribution in [0.2, 0.25) is 0 Å². The number of benzene rings is 3. The van der Waals surface area contributed by atoms with E-state index in [1.807, 2.05) is 72.3 Å². The number of carbonyl (C=O) groups excluding carboxylic acids is 2. The molecule has 172 valence electrons. The van der Waals surface area contributed by atoms with E-state index in [1.54, 1.807) is 6.33 Å². The third-order valence-electron chi connectivity index (χ3n) is 6.45. The first-order valence-corrected chi connectivity index (χ1v) is 11.7. The van der Waals surface area contributed by atoms with Crippen LogP contribution >= 0.6 is 0 Å². The number of hydrogen-bond acceptors (Lipinski definition) is 3. The van der Waals surface area contributed by atoms with Crippen LogP contribution in [0.1, 0.15) is 35.6 Å². The number of amides is 2. The number of nitrogens with one attached hydrogen (secondary N) is 2. The zero-order valence-electron chi connectivity index (χ0n) is 19.2. The first-order valence-electron chi connectivity index (χ1n) is 11.7. The van der Waals surface area contributed by atoms with Crippen molar-refractivity contribution < 1.29 is 9.59 Å². The normalized spacial score (nSPS) is 17.2. The topological polar surface area (TPSA) is 76.0 Å². The molecule has 0 bridgehead atoms. The average Bonchev–Trinajstić information content (AvgIpc) is 3.24. The number of fused-ring (bicyclic) bond motifs is 1. The zero-order chi connectivity index (χ0) is 23.5. The van der Waals surface area contributed by atoms with E-state index in [1.165, 1.54) is 0 Å². The lowest BCUT2D eigenvalue weighted by Crippen LogP contribution is -2.45. The summed E-state index contributed by atoms with van der Waals surface area (Å²) in [5.41, 5.74) is 3.19. The second kappa shape index (κ2) is 9.51. The van der Waals surface area contributed by atoms with Crippen LogP contribution < -0.4 is 10.6 Å². The van der Waals surface area contributed by atoms with Crippen molar-refractivity contribution in [3.63, 3.8) is 0 Å². The Kier molecular flexibility index (Phi) is 6.12. The summed E-state index contributed by atoms with van der Waals surface area (Å²) in [7, 11) is 0. The van der Waals surface area contributed by atoms with E-state index >= 15 is 0 Å². The van der Waals surface area contributed by atoms with Gasteiger partial charge in [-0.15, -0.1) is 0 Å². The Labute approximate surface area is 199 Å². The van der Waals surface area contributed by atoms with Crippen LogP contribution in [0.25, 0.3) is 10.8 Å². The van der Waals surface area contributed by atoms with Crippen LogP contribution in [-0.2, 0) is 22.4 Å². The molecule has 1 aliphatic rings. The van der Waals surface area contributed by atoms with Crippen molar-refractivity contribution in [2.45, 2.75) is 44.7 Å². The fraction of sp³-hybridized carbons (Fsp3) is 0.250. The quantitative estimate of drug-likeness (QED) is 0.431. The molecule has 3 aromatic carbocycles. The van der Waals surface area contributed by atoms with Gasteiger partial charge in [-0.1, -0.05) is 72.3 Å². The largest absolute Gasteiger partial charge is 0.353 e. The Morgan fingerprint density at radius 1 is 0.971 bits per heavy atom. The molecule has 0 aliphatic heterocycles. The van der Waals surface area contributed by atoms with Crippen LogP contribution in [0.5, 0.6) is 0 Å². The van der Waals surface area contributed by atoms with Gasteiger partial charge in [0.2, 0.25) is 11.8 Å². The van der Waals surface area contributed by atoms with Gasteiger partial charge in [0.1, 0.15) is 0 Å². The summed E-state index contributed by atoms with van der Waals surface area (Å²) >= 11 is 0. The van der Waals surface area contributed by atoms with Crippen molar-refractivity contribution in [2.75, 3.05) is 5.32 Å². The molecule has 0 unspecified atom stereocenters. The van der Waals surface area contributed by atoms with Crippen molar-refractivity contribution in [2.24, 2.45) is 0 Å². The van der Waals surface area contributed by atoms with Gasteiger partial charge >= 0.3 is 0 Å². The van der Waals surface area contributed by atoms with Crippen LogP contribution in [0, 0.1) is 6.92 Å². The van der Waals surface area contributed by atoms with Gasteiger partial charge in [0.25, 0.3) is 0 Å². The van der Waals surface area contributed by atoms with Crippen LogP contribution in [0.3, 0.4) is 0 Å². The van der Waals surface area contributed by atoms with E-state index in [0.717, 1.165) is 40.3 Å². The Hall–Kier alpha value is -3.93. The van der Waals surface area contributed by atoms with E-state index in [9.17, 15) is 9.59 Å². The summed E-state index contributed by atoms with van der Waals surface area (Å²) < 4.78 is 2.02. The number of aryl methyl sites for hydroxylation is 1. The Morgan fingerprint density at radius 3 is 2.62 bits per heavy atom. The highest BCUT2D eigenvalue weighted by molar-refractivity contribution is 5.95. The Balaban J connectivity index is 1.11. The number of imidazole rings is 1. The van der Waals surface area contributed by atoms with Crippen LogP contribution in [-0.4, -0.2) is 27.4 Å². The molecular formula is C28H28N4O2. The summed E-state index contributed by atoms with van der Waals surface area (Å²) in [6.45, 7) is 2.03. The van der Waals surface area contributed by atoms with E-state index in [0.29, 0.717) is 18.7 Å².